The quantitative estimate of drug-likeness (QED) is 0.634. The van der Waals surface area contributed by atoms with Crippen LogP contribution in [0.25, 0.3) is 0 Å². The van der Waals surface area contributed by atoms with Crippen molar-refractivity contribution in [1.29, 1.82) is 0 Å². The second-order valence-electron chi connectivity index (χ2n) is 5.70. The molecule has 6 nitrogen and oxygen atoms in total. The molecule has 0 bridgehead atoms. The Balaban J connectivity index is 1.73. The molecule has 0 saturated carbocycles. The molecular weight excluding hydrogens is 266 g/mol. The highest BCUT2D eigenvalue weighted by Crippen LogP contribution is 2.16. The molecule has 2 N–H and O–H groups in total. The summed E-state index contributed by atoms with van der Waals surface area (Å²) in [5, 5.41) is 13.4. The van der Waals surface area contributed by atoms with E-state index in [0.29, 0.717) is 19.5 Å². The Kier molecular flexibility index (Phi) is 5.19. The van der Waals surface area contributed by atoms with E-state index >= 15 is 0 Å². The number of nitrogens with zero attached hydrogens (tertiary/aromatic N) is 2. The molecule has 0 aromatic rings. The first-order chi connectivity index (χ1) is 8.96. The van der Waals surface area contributed by atoms with Gasteiger partial charge in [-0.15, -0.1) is 0 Å². The molecule has 19 heavy (non-hydrogen) atoms. The van der Waals surface area contributed by atoms with Crippen molar-refractivity contribution in [3.8, 4) is 0 Å². The molecule has 2 heterocycles. The van der Waals surface area contributed by atoms with Crippen LogP contribution in [0.1, 0.15) is 6.42 Å². The Morgan fingerprint density at radius 3 is 2.68 bits per heavy atom. The Morgan fingerprint density at radius 1 is 1.42 bits per heavy atom. The Labute approximate surface area is 115 Å². The molecule has 0 aromatic heterocycles. The number of piperazine rings is 1. The molecule has 2 saturated heterocycles. The molecule has 112 valence electrons. The van der Waals surface area contributed by atoms with Crippen LogP contribution >= 0.6 is 0 Å². The van der Waals surface area contributed by atoms with Crippen molar-refractivity contribution in [1.82, 2.24) is 15.1 Å². The minimum absolute atomic E-state index is 0.0719. The van der Waals surface area contributed by atoms with Crippen LogP contribution in [0.5, 0.6) is 0 Å². The maximum absolute atomic E-state index is 11.4. The van der Waals surface area contributed by atoms with E-state index in [1.165, 1.54) is 0 Å². The van der Waals surface area contributed by atoms with Gasteiger partial charge in [-0.1, -0.05) is 0 Å². The van der Waals surface area contributed by atoms with E-state index in [1.54, 1.807) is 0 Å². The van der Waals surface area contributed by atoms with Gasteiger partial charge in [0.05, 0.1) is 17.6 Å². The fourth-order valence-electron chi connectivity index (χ4n) is 2.85. The molecule has 2 rings (SSSR count). The molecular formula is C12H25N3O3S. The third-order valence-electron chi connectivity index (χ3n) is 4.01. The second kappa shape index (κ2) is 6.49. The summed E-state index contributed by atoms with van der Waals surface area (Å²) in [6.07, 6.45) is 0.283. The molecule has 2 fully saturated rings. The fourth-order valence-corrected chi connectivity index (χ4v) is 4.66. The van der Waals surface area contributed by atoms with E-state index in [-0.39, 0.29) is 17.5 Å². The van der Waals surface area contributed by atoms with Crippen molar-refractivity contribution < 1.29 is 13.5 Å². The second-order valence-corrected chi connectivity index (χ2v) is 7.93. The van der Waals surface area contributed by atoms with Crippen molar-refractivity contribution in [3.63, 3.8) is 0 Å². The number of aliphatic hydroxyl groups excluding tert-OH is 1. The predicted molar refractivity (Wildman–Crippen MR) is 75.0 cm³/mol. The molecule has 0 amide bonds. The van der Waals surface area contributed by atoms with E-state index in [9.17, 15) is 13.5 Å². The highest BCUT2D eigenvalue weighted by Gasteiger charge is 2.31. The summed E-state index contributed by atoms with van der Waals surface area (Å²) in [7, 11) is -0.936. The van der Waals surface area contributed by atoms with E-state index < -0.39 is 15.9 Å². The van der Waals surface area contributed by atoms with Gasteiger partial charge in [-0.25, -0.2) is 8.42 Å². The van der Waals surface area contributed by atoms with Crippen LogP contribution in [0.3, 0.4) is 0 Å². The van der Waals surface area contributed by atoms with Crippen LogP contribution in [0, 0.1) is 0 Å². The molecule has 2 aliphatic rings. The number of sulfone groups is 1. The third kappa shape index (κ3) is 4.68. The van der Waals surface area contributed by atoms with E-state index in [1.807, 2.05) is 11.9 Å². The summed E-state index contributed by atoms with van der Waals surface area (Å²) in [4.78, 5) is 4.25. The van der Waals surface area contributed by atoms with E-state index in [2.05, 4.69) is 10.2 Å². The van der Waals surface area contributed by atoms with Crippen molar-refractivity contribution in [3.05, 3.63) is 0 Å². The summed E-state index contributed by atoms with van der Waals surface area (Å²) in [5.41, 5.74) is 0. The fraction of sp³-hybridized carbons (Fsp3) is 1.00. The van der Waals surface area contributed by atoms with Crippen LogP contribution in [0.15, 0.2) is 0 Å². The lowest BCUT2D eigenvalue weighted by Crippen LogP contribution is -2.49. The summed E-state index contributed by atoms with van der Waals surface area (Å²) < 4.78 is 22.9. The lowest BCUT2D eigenvalue weighted by Gasteiger charge is -2.31. The van der Waals surface area contributed by atoms with E-state index in [4.69, 9.17) is 0 Å². The molecule has 0 aliphatic carbocycles. The lowest BCUT2D eigenvalue weighted by atomic mass is 10.2. The first kappa shape index (κ1) is 15.2. The maximum Gasteiger partial charge on any atom is 0.151 e. The zero-order valence-corrected chi connectivity index (χ0v) is 12.4. The molecule has 7 heteroatoms. The average molecular weight is 291 g/mol. The van der Waals surface area contributed by atoms with Gasteiger partial charge < -0.3 is 10.4 Å². The van der Waals surface area contributed by atoms with Gasteiger partial charge in [-0.05, 0) is 13.5 Å². The number of nitrogens with one attached hydrogen (secondary N) is 1. The Morgan fingerprint density at radius 2 is 2.11 bits per heavy atom. The smallest absolute Gasteiger partial charge is 0.151 e. The third-order valence-corrected chi connectivity index (χ3v) is 5.76. The van der Waals surface area contributed by atoms with Crippen LogP contribution in [-0.2, 0) is 9.84 Å². The monoisotopic (exact) mass is 291 g/mol. The first-order valence-corrected chi connectivity index (χ1v) is 8.80. The first-order valence-electron chi connectivity index (χ1n) is 6.98. The maximum atomic E-state index is 11.4. The summed E-state index contributed by atoms with van der Waals surface area (Å²) in [6, 6.07) is 0.0719. The topological polar surface area (TPSA) is 72.9 Å². The highest BCUT2D eigenvalue weighted by atomic mass is 32.2. The van der Waals surface area contributed by atoms with Crippen LogP contribution in [0.4, 0.5) is 0 Å². The number of rotatable bonds is 5. The van der Waals surface area contributed by atoms with Gasteiger partial charge in [0, 0.05) is 45.3 Å². The van der Waals surface area contributed by atoms with Crippen molar-refractivity contribution in [2.45, 2.75) is 18.6 Å². The normalized spacial score (nSPS) is 29.7. The SMILES string of the molecule is CN(CC(O)CN1CCNCC1)C1CCS(=O)(=O)C1. The number of likely N-dealkylation sites (N-methyl/N-ethyl adjacent to an activating group) is 1. The number of β-amino-alcohol motifs (C(OH)–C–C–N with tert-alkyl or cyclic N) is 1. The zero-order valence-electron chi connectivity index (χ0n) is 11.6. The van der Waals surface area contributed by atoms with Gasteiger partial charge in [0.15, 0.2) is 9.84 Å². The molecule has 2 aliphatic heterocycles. The Bertz CT molecular complexity index is 382. The van der Waals surface area contributed by atoms with Gasteiger partial charge in [0.2, 0.25) is 0 Å². The van der Waals surface area contributed by atoms with Crippen molar-refractivity contribution >= 4 is 9.84 Å². The largest absolute Gasteiger partial charge is 0.390 e. The summed E-state index contributed by atoms with van der Waals surface area (Å²) >= 11 is 0. The zero-order chi connectivity index (χ0) is 13.9. The van der Waals surface area contributed by atoms with Crippen LogP contribution in [0.2, 0.25) is 0 Å². The minimum atomic E-state index is -2.85. The van der Waals surface area contributed by atoms with Gasteiger partial charge in [-0.3, -0.25) is 9.80 Å². The molecule has 0 radical (unpaired) electrons. The molecule has 0 spiro atoms. The van der Waals surface area contributed by atoms with Gasteiger partial charge >= 0.3 is 0 Å². The lowest BCUT2D eigenvalue weighted by molar-refractivity contribution is 0.0676. The summed E-state index contributed by atoms with van der Waals surface area (Å²) in [5.74, 6) is 0.528. The number of aliphatic hydroxyl groups is 1. The molecule has 2 unspecified atom stereocenters. The number of hydrogen-bond donors (Lipinski definition) is 2. The van der Waals surface area contributed by atoms with Gasteiger partial charge in [0.1, 0.15) is 0 Å². The van der Waals surface area contributed by atoms with Crippen LogP contribution < -0.4 is 5.32 Å². The van der Waals surface area contributed by atoms with Crippen LogP contribution in [-0.4, -0.2) is 93.3 Å². The standard InChI is InChI=1S/C12H25N3O3S/c1-14(11-2-7-19(17,18)10-11)8-12(16)9-15-5-3-13-4-6-15/h11-13,16H,2-10H2,1H3. The van der Waals surface area contributed by atoms with Crippen molar-refractivity contribution in [2.75, 3.05) is 57.8 Å². The van der Waals surface area contributed by atoms with Crippen molar-refractivity contribution in [2.24, 2.45) is 0 Å². The minimum Gasteiger partial charge on any atom is -0.390 e. The Hall–Kier alpha value is -0.210. The number of hydrogen-bond acceptors (Lipinski definition) is 6. The van der Waals surface area contributed by atoms with E-state index in [0.717, 1.165) is 26.2 Å². The molecule has 2 atom stereocenters. The van der Waals surface area contributed by atoms with Gasteiger partial charge in [0.25, 0.3) is 0 Å². The molecule has 0 aromatic carbocycles. The average Bonchev–Trinajstić information content (AvgIpc) is 2.71. The summed E-state index contributed by atoms with van der Waals surface area (Å²) in [6.45, 7) is 5.11. The van der Waals surface area contributed by atoms with Gasteiger partial charge in [-0.2, -0.15) is 0 Å². The highest BCUT2D eigenvalue weighted by molar-refractivity contribution is 7.91. The predicted octanol–water partition coefficient (Wildman–Crippen LogP) is -1.63.